The average molecular weight is 449 g/mol. The molecule has 1 fully saturated rings. The molecule has 0 radical (unpaired) electrons. The topological polar surface area (TPSA) is 118 Å². The second kappa shape index (κ2) is 9.72. The Hall–Kier alpha value is -3.88. The van der Waals surface area contributed by atoms with Crippen molar-refractivity contribution in [2.24, 2.45) is 5.73 Å². The van der Waals surface area contributed by atoms with Crippen LogP contribution in [0.5, 0.6) is 0 Å². The first-order chi connectivity index (χ1) is 15.9. The SMILES string of the molecule is NC(=O)c1cc2cc(F)ccc2nc1C1CCCN(C(=O)CCNC(=O)c2cccnc2)C1. The predicted octanol–water partition coefficient (Wildman–Crippen LogP) is 2.39. The van der Waals surface area contributed by atoms with Gasteiger partial charge >= 0.3 is 0 Å². The molecule has 1 aliphatic heterocycles. The van der Waals surface area contributed by atoms with E-state index in [1.54, 1.807) is 35.4 Å². The Kier molecular flexibility index (Phi) is 6.58. The first-order valence-electron chi connectivity index (χ1n) is 10.8. The number of nitrogens with one attached hydrogen (secondary N) is 1. The number of carbonyl (C=O) groups excluding carboxylic acids is 3. The van der Waals surface area contributed by atoms with Gasteiger partial charge in [-0.25, -0.2) is 4.39 Å². The zero-order valence-electron chi connectivity index (χ0n) is 18.0. The number of amides is 3. The molecule has 3 heterocycles. The molecule has 0 bridgehead atoms. The first-order valence-corrected chi connectivity index (χ1v) is 10.8. The van der Waals surface area contributed by atoms with E-state index in [1.165, 1.54) is 18.3 Å². The number of hydrogen-bond acceptors (Lipinski definition) is 5. The summed E-state index contributed by atoms with van der Waals surface area (Å²) in [6, 6.07) is 9.09. The Bertz CT molecular complexity index is 1200. The van der Waals surface area contributed by atoms with E-state index in [4.69, 9.17) is 5.73 Å². The lowest BCUT2D eigenvalue weighted by atomic mass is 9.90. The van der Waals surface area contributed by atoms with Crippen LogP contribution in [0.1, 0.15) is 51.6 Å². The molecular weight excluding hydrogens is 425 g/mol. The number of aromatic nitrogens is 2. The standard InChI is InChI=1S/C24H24FN5O3/c25-18-5-6-20-17(11-18)12-19(23(26)32)22(29-20)16-4-2-10-30(14-16)21(31)7-9-28-24(33)15-3-1-8-27-13-15/h1,3,5-6,8,11-13,16H,2,4,7,9-10,14H2,(H2,26,32)(H,28,33). The van der Waals surface area contributed by atoms with Crippen LogP contribution in [0.4, 0.5) is 4.39 Å². The summed E-state index contributed by atoms with van der Waals surface area (Å²) in [6.07, 6.45) is 4.71. The fourth-order valence-electron chi connectivity index (χ4n) is 4.14. The van der Waals surface area contributed by atoms with Crippen LogP contribution in [0.2, 0.25) is 0 Å². The van der Waals surface area contributed by atoms with Crippen LogP contribution in [0.25, 0.3) is 10.9 Å². The van der Waals surface area contributed by atoms with Crippen LogP contribution >= 0.6 is 0 Å². The van der Waals surface area contributed by atoms with Crippen molar-refractivity contribution in [1.29, 1.82) is 0 Å². The van der Waals surface area contributed by atoms with E-state index in [1.807, 2.05) is 0 Å². The molecular formula is C24H24FN5O3. The van der Waals surface area contributed by atoms with Gasteiger partial charge in [-0.3, -0.25) is 24.4 Å². The zero-order valence-corrected chi connectivity index (χ0v) is 18.0. The van der Waals surface area contributed by atoms with E-state index in [-0.39, 0.29) is 36.3 Å². The van der Waals surface area contributed by atoms with Crippen LogP contribution in [-0.2, 0) is 4.79 Å². The summed E-state index contributed by atoms with van der Waals surface area (Å²) >= 11 is 0. The minimum absolute atomic E-state index is 0.0883. The summed E-state index contributed by atoms with van der Waals surface area (Å²) in [5.41, 5.74) is 7.37. The fourth-order valence-corrected chi connectivity index (χ4v) is 4.14. The number of carbonyl (C=O) groups is 3. The van der Waals surface area contributed by atoms with E-state index in [9.17, 15) is 18.8 Å². The van der Waals surface area contributed by atoms with Crippen molar-refractivity contribution < 1.29 is 18.8 Å². The largest absolute Gasteiger partial charge is 0.366 e. The Labute approximate surface area is 190 Å². The number of fused-ring (bicyclic) bond motifs is 1. The van der Waals surface area contributed by atoms with Gasteiger partial charge in [-0.2, -0.15) is 0 Å². The van der Waals surface area contributed by atoms with Crippen LogP contribution in [-0.4, -0.2) is 52.2 Å². The van der Waals surface area contributed by atoms with Crippen molar-refractivity contribution in [2.75, 3.05) is 19.6 Å². The quantitative estimate of drug-likeness (QED) is 0.599. The van der Waals surface area contributed by atoms with Gasteiger partial charge in [0.05, 0.1) is 22.3 Å². The number of hydrogen-bond donors (Lipinski definition) is 2. The van der Waals surface area contributed by atoms with E-state index < -0.39 is 11.7 Å². The predicted molar refractivity (Wildman–Crippen MR) is 120 cm³/mol. The van der Waals surface area contributed by atoms with E-state index in [0.29, 0.717) is 35.2 Å². The molecule has 0 saturated carbocycles. The van der Waals surface area contributed by atoms with Crippen molar-refractivity contribution in [3.05, 3.63) is 71.4 Å². The van der Waals surface area contributed by atoms with E-state index in [2.05, 4.69) is 15.3 Å². The van der Waals surface area contributed by atoms with Gasteiger partial charge in [0.1, 0.15) is 5.82 Å². The number of halogens is 1. The molecule has 3 aromatic rings. The molecule has 2 aromatic heterocycles. The summed E-state index contributed by atoms with van der Waals surface area (Å²) in [5.74, 6) is -1.59. The van der Waals surface area contributed by atoms with Crippen molar-refractivity contribution in [3.8, 4) is 0 Å². The summed E-state index contributed by atoms with van der Waals surface area (Å²) in [5, 5.41) is 3.23. The minimum atomic E-state index is -0.634. The molecule has 4 rings (SSSR count). The lowest BCUT2D eigenvalue weighted by molar-refractivity contribution is -0.132. The Morgan fingerprint density at radius 1 is 1.21 bits per heavy atom. The monoisotopic (exact) mass is 449 g/mol. The lowest BCUT2D eigenvalue weighted by Gasteiger charge is -2.33. The van der Waals surface area contributed by atoms with Gasteiger partial charge in [0.25, 0.3) is 11.8 Å². The molecule has 3 N–H and O–H groups in total. The third kappa shape index (κ3) is 5.14. The van der Waals surface area contributed by atoms with Crippen molar-refractivity contribution in [3.63, 3.8) is 0 Å². The molecule has 9 heteroatoms. The van der Waals surface area contributed by atoms with Crippen LogP contribution in [0.3, 0.4) is 0 Å². The number of pyridine rings is 2. The van der Waals surface area contributed by atoms with Crippen LogP contribution in [0, 0.1) is 5.82 Å². The molecule has 170 valence electrons. The van der Waals surface area contributed by atoms with Gasteiger partial charge in [-0.1, -0.05) is 0 Å². The molecule has 0 aliphatic carbocycles. The van der Waals surface area contributed by atoms with Crippen molar-refractivity contribution in [1.82, 2.24) is 20.2 Å². The molecule has 1 aromatic carbocycles. The summed E-state index contributed by atoms with van der Waals surface area (Å²) in [4.78, 5) is 47.2. The normalized spacial score (nSPS) is 15.9. The van der Waals surface area contributed by atoms with Crippen molar-refractivity contribution in [2.45, 2.75) is 25.2 Å². The summed E-state index contributed by atoms with van der Waals surface area (Å²) < 4.78 is 13.6. The van der Waals surface area contributed by atoms with Gasteiger partial charge < -0.3 is 16.0 Å². The van der Waals surface area contributed by atoms with Crippen LogP contribution in [0.15, 0.2) is 48.8 Å². The second-order valence-electron chi connectivity index (χ2n) is 8.05. The average Bonchev–Trinajstić information content (AvgIpc) is 2.83. The number of benzene rings is 1. The molecule has 8 nitrogen and oxygen atoms in total. The van der Waals surface area contributed by atoms with Crippen molar-refractivity contribution >= 4 is 28.6 Å². The van der Waals surface area contributed by atoms with Gasteiger partial charge in [0.2, 0.25) is 5.91 Å². The van der Waals surface area contributed by atoms with Gasteiger partial charge in [-0.05, 0) is 49.2 Å². The zero-order chi connectivity index (χ0) is 23.4. The number of nitrogens with two attached hydrogens (primary N) is 1. The number of rotatable bonds is 6. The number of likely N-dealkylation sites (tertiary alicyclic amines) is 1. The maximum absolute atomic E-state index is 13.6. The second-order valence-corrected chi connectivity index (χ2v) is 8.05. The highest BCUT2D eigenvalue weighted by Gasteiger charge is 2.28. The molecule has 1 saturated heterocycles. The Morgan fingerprint density at radius 3 is 2.82 bits per heavy atom. The highest BCUT2D eigenvalue weighted by Crippen LogP contribution is 2.30. The van der Waals surface area contributed by atoms with Crippen LogP contribution < -0.4 is 11.1 Å². The highest BCUT2D eigenvalue weighted by atomic mass is 19.1. The maximum Gasteiger partial charge on any atom is 0.252 e. The molecule has 3 amide bonds. The maximum atomic E-state index is 13.6. The first kappa shape index (κ1) is 22.3. The van der Waals surface area contributed by atoms with Gasteiger partial charge in [0, 0.05) is 49.8 Å². The van der Waals surface area contributed by atoms with E-state index in [0.717, 1.165) is 12.8 Å². The highest BCUT2D eigenvalue weighted by molar-refractivity contribution is 5.98. The summed E-state index contributed by atoms with van der Waals surface area (Å²) in [7, 11) is 0. The smallest absolute Gasteiger partial charge is 0.252 e. The fraction of sp³-hybridized carbons (Fsp3) is 0.292. The Balaban J connectivity index is 1.43. The number of primary amides is 1. The molecule has 33 heavy (non-hydrogen) atoms. The molecule has 0 spiro atoms. The minimum Gasteiger partial charge on any atom is -0.366 e. The third-order valence-corrected chi connectivity index (χ3v) is 5.78. The molecule has 1 atom stereocenters. The lowest BCUT2D eigenvalue weighted by Crippen LogP contribution is -2.41. The summed E-state index contributed by atoms with van der Waals surface area (Å²) in [6.45, 7) is 1.20. The number of piperidine rings is 1. The molecule has 1 unspecified atom stereocenters. The third-order valence-electron chi connectivity index (χ3n) is 5.78. The number of nitrogens with zero attached hydrogens (tertiary/aromatic N) is 3. The molecule has 1 aliphatic rings. The van der Waals surface area contributed by atoms with E-state index >= 15 is 0 Å². The van der Waals surface area contributed by atoms with Gasteiger partial charge in [-0.15, -0.1) is 0 Å². The van der Waals surface area contributed by atoms with Gasteiger partial charge in [0.15, 0.2) is 0 Å². The Morgan fingerprint density at radius 2 is 2.06 bits per heavy atom.